The lowest BCUT2D eigenvalue weighted by atomic mass is 10.1. The number of nitrogens with zero attached hydrogens (tertiary/aromatic N) is 1. The number of aliphatic hydroxyl groups excluding tert-OH is 1. The molecule has 0 spiro atoms. The summed E-state index contributed by atoms with van der Waals surface area (Å²) in [6.07, 6.45) is 0.279. The number of likely N-dealkylation sites (tertiary alicyclic amines) is 1. The number of carbonyl (C=O) groups is 1. The lowest BCUT2D eigenvalue weighted by Gasteiger charge is -2.31. The van der Waals surface area contributed by atoms with Crippen molar-refractivity contribution in [2.45, 2.75) is 51.4 Å². The first kappa shape index (κ1) is 17.5. The van der Waals surface area contributed by atoms with Gasteiger partial charge in [0.05, 0.1) is 6.04 Å². The largest absolute Gasteiger partial charge is 0.491 e. The number of rotatable bonds is 4. The van der Waals surface area contributed by atoms with Crippen LogP contribution in [0.4, 0.5) is 9.18 Å². The average Bonchev–Trinajstić information content (AvgIpc) is 2.94. The molecule has 0 aliphatic carbocycles. The maximum absolute atomic E-state index is 12.8. The summed E-state index contributed by atoms with van der Waals surface area (Å²) in [5, 5.41) is 10.3. The number of hydrogen-bond acceptors (Lipinski definition) is 4. The van der Waals surface area contributed by atoms with Gasteiger partial charge in [-0.2, -0.15) is 0 Å². The molecule has 0 saturated carbocycles. The molecule has 2 atom stereocenters. The van der Waals surface area contributed by atoms with Gasteiger partial charge in [0.15, 0.2) is 0 Å². The van der Waals surface area contributed by atoms with E-state index in [0.717, 1.165) is 6.42 Å². The van der Waals surface area contributed by atoms with Crippen molar-refractivity contribution in [3.05, 3.63) is 30.1 Å². The molecule has 1 aromatic rings. The summed E-state index contributed by atoms with van der Waals surface area (Å²) < 4.78 is 23.7. The fraction of sp³-hybridized carbons (Fsp3) is 0.588. The van der Waals surface area contributed by atoms with Gasteiger partial charge < -0.3 is 19.5 Å². The normalized spacial score (nSPS) is 19.5. The van der Waals surface area contributed by atoms with Gasteiger partial charge in [0.25, 0.3) is 0 Å². The third kappa shape index (κ3) is 5.10. The van der Waals surface area contributed by atoms with E-state index in [1.807, 2.05) is 20.8 Å². The van der Waals surface area contributed by atoms with Crippen LogP contribution in [0.5, 0.6) is 5.75 Å². The highest BCUT2D eigenvalue weighted by molar-refractivity contribution is 5.69. The number of aliphatic hydroxyl groups is 1. The molecule has 1 aliphatic rings. The standard InChI is InChI=1S/C17H24FNO4/c1-17(2,3)23-16(21)19-10-4-5-14(19)15(20)11-22-13-8-6-12(18)7-9-13/h6-9,14-15,20H,4-5,10-11H2,1-3H3/t14-,15?/m0/s1. The van der Waals surface area contributed by atoms with Crippen LogP contribution < -0.4 is 4.74 Å². The van der Waals surface area contributed by atoms with E-state index in [0.29, 0.717) is 18.7 Å². The van der Waals surface area contributed by atoms with Gasteiger partial charge >= 0.3 is 6.09 Å². The van der Waals surface area contributed by atoms with E-state index in [9.17, 15) is 14.3 Å². The number of halogens is 1. The average molecular weight is 325 g/mol. The minimum atomic E-state index is -0.824. The van der Waals surface area contributed by atoms with Gasteiger partial charge in [-0.15, -0.1) is 0 Å². The first-order chi connectivity index (χ1) is 10.8. The summed E-state index contributed by atoms with van der Waals surface area (Å²) in [5.74, 6) is 0.136. The molecule has 2 rings (SSSR count). The highest BCUT2D eigenvalue weighted by atomic mass is 19.1. The molecular formula is C17H24FNO4. The molecule has 1 aromatic carbocycles. The Balaban J connectivity index is 1.91. The van der Waals surface area contributed by atoms with Crippen LogP contribution in [0.1, 0.15) is 33.6 Å². The van der Waals surface area contributed by atoms with E-state index in [1.54, 1.807) is 4.90 Å². The minimum absolute atomic E-state index is 0.0373. The summed E-state index contributed by atoms with van der Waals surface area (Å²) >= 11 is 0. The Morgan fingerprint density at radius 1 is 1.39 bits per heavy atom. The van der Waals surface area contributed by atoms with Gasteiger partial charge in [0.2, 0.25) is 0 Å². The Morgan fingerprint density at radius 3 is 2.65 bits per heavy atom. The summed E-state index contributed by atoms with van der Waals surface area (Å²) in [6.45, 7) is 6.03. The van der Waals surface area contributed by atoms with Gasteiger partial charge in [-0.05, 0) is 57.9 Å². The summed E-state index contributed by atoms with van der Waals surface area (Å²) in [4.78, 5) is 13.8. The zero-order valence-corrected chi connectivity index (χ0v) is 13.8. The molecule has 0 aromatic heterocycles. The number of hydrogen-bond donors (Lipinski definition) is 1. The van der Waals surface area contributed by atoms with Crippen molar-refractivity contribution in [1.82, 2.24) is 4.90 Å². The van der Waals surface area contributed by atoms with Crippen LogP contribution in [-0.4, -0.2) is 47.0 Å². The van der Waals surface area contributed by atoms with Crippen molar-refractivity contribution in [2.75, 3.05) is 13.2 Å². The molecule has 0 radical (unpaired) electrons. The van der Waals surface area contributed by atoms with E-state index in [-0.39, 0.29) is 18.5 Å². The van der Waals surface area contributed by atoms with Crippen LogP contribution in [0.25, 0.3) is 0 Å². The van der Waals surface area contributed by atoms with Gasteiger partial charge in [-0.3, -0.25) is 0 Å². The Kier molecular flexibility index (Phi) is 5.46. The Morgan fingerprint density at radius 2 is 2.04 bits per heavy atom. The van der Waals surface area contributed by atoms with Crippen molar-refractivity contribution in [3.8, 4) is 5.75 Å². The summed E-state index contributed by atoms with van der Waals surface area (Å²) in [5.41, 5.74) is -0.570. The molecule has 1 heterocycles. The third-order valence-electron chi connectivity index (χ3n) is 3.61. The van der Waals surface area contributed by atoms with Crippen molar-refractivity contribution in [1.29, 1.82) is 0 Å². The van der Waals surface area contributed by atoms with E-state index < -0.39 is 17.8 Å². The van der Waals surface area contributed by atoms with Gasteiger partial charge in [-0.25, -0.2) is 9.18 Å². The highest BCUT2D eigenvalue weighted by Crippen LogP contribution is 2.24. The lowest BCUT2D eigenvalue weighted by Crippen LogP contribution is -2.46. The summed E-state index contributed by atoms with van der Waals surface area (Å²) in [7, 11) is 0. The maximum atomic E-state index is 12.8. The molecule has 6 heteroatoms. The minimum Gasteiger partial charge on any atom is -0.491 e. The van der Waals surface area contributed by atoms with Crippen LogP contribution >= 0.6 is 0 Å². The van der Waals surface area contributed by atoms with Crippen LogP contribution in [0.3, 0.4) is 0 Å². The van der Waals surface area contributed by atoms with E-state index >= 15 is 0 Å². The second-order valence-corrected chi connectivity index (χ2v) is 6.72. The first-order valence-corrected chi connectivity index (χ1v) is 7.82. The molecule has 0 bridgehead atoms. The Labute approximate surface area is 136 Å². The predicted octanol–water partition coefficient (Wildman–Crippen LogP) is 2.96. The molecule has 5 nitrogen and oxygen atoms in total. The van der Waals surface area contributed by atoms with Crippen LogP contribution in [0.2, 0.25) is 0 Å². The third-order valence-corrected chi connectivity index (χ3v) is 3.61. The topological polar surface area (TPSA) is 59.0 Å². The zero-order chi connectivity index (χ0) is 17.0. The number of amides is 1. The Hall–Kier alpha value is -1.82. The lowest BCUT2D eigenvalue weighted by molar-refractivity contribution is -0.00354. The van der Waals surface area contributed by atoms with E-state index in [2.05, 4.69) is 0 Å². The molecule has 1 aliphatic heterocycles. The van der Waals surface area contributed by atoms with E-state index in [4.69, 9.17) is 9.47 Å². The van der Waals surface area contributed by atoms with Crippen LogP contribution in [0, 0.1) is 5.82 Å². The summed E-state index contributed by atoms with van der Waals surface area (Å²) in [6, 6.07) is 5.27. The van der Waals surface area contributed by atoms with Crippen molar-refractivity contribution in [3.63, 3.8) is 0 Å². The maximum Gasteiger partial charge on any atom is 0.410 e. The molecule has 1 N–H and O–H groups in total. The van der Waals surface area contributed by atoms with Crippen molar-refractivity contribution >= 4 is 6.09 Å². The molecule has 128 valence electrons. The monoisotopic (exact) mass is 325 g/mol. The fourth-order valence-electron chi connectivity index (χ4n) is 2.56. The smallest absolute Gasteiger partial charge is 0.410 e. The Bertz CT molecular complexity index is 526. The van der Waals surface area contributed by atoms with Gasteiger partial charge in [0.1, 0.15) is 29.9 Å². The quantitative estimate of drug-likeness (QED) is 0.924. The fourth-order valence-corrected chi connectivity index (χ4v) is 2.56. The molecule has 1 unspecified atom stereocenters. The molecule has 1 amide bonds. The zero-order valence-electron chi connectivity index (χ0n) is 13.8. The molecular weight excluding hydrogens is 301 g/mol. The van der Waals surface area contributed by atoms with E-state index in [1.165, 1.54) is 24.3 Å². The second kappa shape index (κ2) is 7.17. The highest BCUT2D eigenvalue weighted by Gasteiger charge is 2.36. The second-order valence-electron chi connectivity index (χ2n) is 6.72. The van der Waals surface area contributed by atoms with Crippen molar-refractivity contribution in [2.24, 2.45) is 0 Å². The molecule has 23 heavy (non-hydrogen) atoms. The predicted molar refractivity (Wildman–Crippen MR) is 83.9 cm³/mol. The van der Waals surface area contributed by atoms with Crippen molar-refractivity contribution < 1.29 is 23.8 Å². The van der Waals surface area contributed by atoms with Crippen LogP contribution in [-0.2, 0) is 4.74 Å². The van der Waals surface area contributed by atoms with Crippen LogP contribution in [0.15, 0.2) is 24.3 Å². The van der Waals surface area contributed by atoms with Gasteiger partial charge in [-0.1, -0.05) is 0 Å². The SMILES string of the molecule is CC(C)(C)OC(=O)N1CCC[C@H]1C(O)COc1ccc(F)cc1. The molecule has 1 saturated heterocycles. The van der Waals surface area contributed by atoms with Gasteiger partial charge in [0, 0.05) is 6.54 Å². The molecule has 1 fully saturated rings. The first-order valence-electron chi connectivity index (χ1n) is 7.82. The number of benzene rings is 1. The number of ether oxygens (including phenoxy) is 2. The number of carbonyl (C=O) groups excluding carboxylic acids is 1.